The minimum Gasteiger partial charge on any atom is -0.481 e. The van der Waals surface area contributed by atoms with Crippen LogP contribution < -0.4 is 5.32 Å². The molecule has 0 saturated heterocycles. The number of nitrogens with one attached hydrogen (secondary N) is 1. The van der Waals surface area contributed by atoms with Gasteiger partial charge in [-0.05, 0) is 55.4 Å². The van der Waals surface area contributed by atoms with E-state index < -0.39 is 23.8 Å². The lowest BCUT2D eigenvalue weighted by atomic mass is 9.82. The number of carbonyl (C=O) groups excluding carboxylic acids is 2. The van der Waals surface area contributed by atoms with E-state index in [1.54, 1.807) is 0 Å². The van der Waals surface area contributed by atoms with Crippen LogP contribution in [0.25, 0.3) is 0 Å². The third kappa shape index (κ3) is 3.61. The number of carboxylic acid groups (broad SMARTS) is 1. The Kier molecular flexibility index (Phi) is 5.51. The van der Waals surface area contributed by atoms with Gasteiger partial charge in [-0.2, -0.15) is 0 Å². The van der Waals surface area contributed by atoms with Crippen LogP contribution in [0.1, 0.15) is 53.9 Å². The van der Waals surface area contributed by atoms with Crippen molar-refractivity contribution in [3.8, 4) is 0 Å². The van der Waals surface area contributed by atoms with E-state index in [-0.39, 0.29) is 17.7 Å². The summed E-state index contributed by atoms with van der Waals surface area (Å²) in [6.45, 7) is 4.47. The Hall–Kier alpha value is -2.15. The highest BCUT2D eigenvalue weighted by molar-refractivity contribution is 7.17. The van der Waals surface area contributed by atoms with Crippen molar-refractivity contribution in [3.05, 3.63) is 28.2 Å². The van der Waals surface area contributed by atoms with E-state index in [4.69, 9.17) is 4.74 Å². The molecule has 0 spiro atoms. The number of ether oxygens (including phenoxy) is 1. The van der Waals surface area contributed by atoms with Crippen LogP contribution in [0.15, 0.2) is 12.2 Å². The Labute approximate surface area is 174 Å². The fourth-order valence-electron chi connectivity index (χ4n) is 5.03. The molecule has 6 nitrogen and oxygen atoms in total. The molecule has 4 rings (SSSR count). The zero-order valence-corrected chi connectivity index (χ0v) is 17.6. The second kappa shape index (κ2) is 7.94. The first-order valence-electron chi connectivity index (χ1n) is 10.4. The van der Waals surface area contributed by atoms with Gasteiger partial charge in [0.05, 0.1) is 24.0 Å². The van der Waals surface area contributed by atoms with Crippen molar-refractivity contribution < 1.29 is 24.2 Å². The summed E-state index contributed by atoms with van der Waals surface area (Å²) in [5.41, 5.74) is 1.47. The number of carboxylic acids is 1. The fraction of sp³-hybridized carbons (Fsp3) is 0.591. The first-order valence-corrected chi connectivity index (χ1v) is 11.3. The number of allylic oxidation sites excluding steroid dienone is 2. The summed E-state index contributed by atoms with van der Waals surface area (Å²) in [6, 6.07) is 0. The number of hydrogen-bond acceptors (Lipinski definition) is 5. The SMILES string of the molecule is CCCOC(=O)c1c(NC(=O)[C@@H]2[C@@H](C(=O)O)[C@H]3C=C[C@@H]2C3)sc2c1CC[C@@H](C)C2. The summed E-state index contributed by atoms with van der Waals surface area (Å²) in [4.78, 5) is 38.8. The van der Waals surface area contributed by atoms with Gasteiger partial charge in [-0.25, -0.2) is 4.79 Å². The molecule has 156 valence electrons. The van der Waals surface area contributed by atoms with Crippen LogP contribution in [-0.2, 0) is 27.2 Å². The molecule has 1 heterocycles. The Morgan fingerprint density at radius 2 is 1.97 bits per heavy atom. The second-order valence-corrected chi connectivity index (χ2v) is 9.62. The van der Waals surface area contributed by atoms with Gasteiger partial charge in [-0.1, -0.05) is 26.0 Å². The van der Waals surface area contributed by atoms with Crippen molar-refractivity contribution in [1.82, 2.24) is 0 Å². The maximum atomic E-state index is 13.1. The standard InChI is InChI=1S/C22H27NO5S/c1-3-8-28-22(27)18-14-7-4-11(2)9-15(14)29-20(18)23-19(24)16-12-5-6-13(10-12)17(16)21(25)26/h5-6,11-13,16-17H,3-4,7-10H2,1-2H3,(H,23,24)(H,25,26)/t11-,12-,13+,16+,17+/m1/s1. The molecule has 2 N–H and O–H groups in total. The van der Waals surface area contributed by atoms with Crippen LogP contribution in [0.4, 0.5) is 5.00 Å². The predicted molar refractivity (Wildman–Crippen MR) is 110 cm³/mol. The molecule has 0 radical (unpaired) electrons. The normalized spacial score (nSPS) is 29.5. The number of hydrogen-bond donors (Lipinski definition) is 2. The van der Waals surface area contributed by atoms with Gasteiger partial charge >= 0.3 is 11.9 Å². The van der Waals surface area contributed by atoms with E-state index in [2.05, 4.69) is 12.2 Å². The lowest BCUT2D eigenvalue weighted by Crippen LogP contribution is -2.36. The maximum absolute atomic E-state index is 13.1. The topological polar surface area (TPSA) is 92.7 Å². The molecule has 1 amide bonds. The Morgan fingerprint density at radius 1 is 1.24 bits per heavy atom. The van der Waals surface area contributed by atoms with E-state index in [0.29, 0.717) is 29.5 Å². The molecule has 3 aliphatic rings. The Morgan fingerprint density at radius 3 is 2.66 bits per heavy atom. The van der Waals surface area contributed by atoms with Crippen LogP contribution in [0.5, 0.6) is 0 Å². The molecule has 7 heteroatoms. The van der Waals surface area contributed by atoms with Crippen LogP contribution in [0, 0.1) is 29.6 Å². The summed E-state index contributed by atoms with van der Waals surface area (Å²) in [7, 11) is 0. The van der Waals surface area contributed by atoms with Gasteiger partial charge in [0.1, 0.15) is 5.00 Å². The maximum Gasteiger partial charge on any atom is 0.341 e. The number of anilines is 1. The number of carbonyl (C=O) groups is 3. The Bertz CT molecular complexity index is 873. The minimum atomic E-state index is -0.927. The summed E-state index contributed by atoms with van der Waals surface area (Å²) >= 11 is 1.45. The second-order valence-electron chi connectivity index (χ2n) is 8.52. The number of esters is 1. The van der Waals surface area contributed by atoms with Crippen LogP contribution >= 0.6 is 11.3 Å². The van der Waals surface area contributed by atoms with Crippen molar-refractivity contribution in [2.45, 2.75) is 46.0 Å². The zero-order chi connectivity index (χ0) is 20.7. The van der Waals surface area contributed by atoms with E-state index >= 15 is 0 Å². The minimum absolute atomic E-state index is 0.0498. The third-order valence-electron chi connectivity index (χ3n) is 6.44. The van der Waals surface area contributed by atoms with Crippen molar-refractivity contribution in [2.75, 3.05) is 11.9 Å². The van der Waals surface area contributed by atoms with Gasteiger partial charge in [0.15, 0.2) is 0 Å². The average Bonchev–Trinajstić information content (AvgIpc) is 3.37. The molecule has 5 atom stereocenters. The highest BCUT2D eigenvalue weighted by Gasteiger charge is 2.51. The van der Waals surface area contributed by atoms with Crippen LogP contribution in [0.3, 0.4) is 0 Å². The van der Waals surface area contributed by atoms with Gasteiger partial charge in [-0.15, -0.1) is 11.3 Å². The molecule has 29 heavy (non-hydrogen) atoms. The van der Waals surface area contributed by atoms with Gasteiger partial charge in [0, 0.05) is 4.88 Å². The average molecular weight is 418 g/mol. The first kappa shape index (κ1) is 20.1. The van der Waals surface area contributed by atoms with Crippen molar-refractivity contribution in [1.29, 1.82) is 0 Å². The molecular weight excluding hydrogens is 390 g/mol. The first-order chi connectivity index (χ1) is 13.9. The number of aliphatic carboxylic acids is 1. The molecule has 1 aromatic heterocycles. The number of fused-ring (bicyclic) bond motifs is 3. The smallest absolute Gasteiger partial charge is 0.341 e. The molecule has 2 bridgehead atoms. The molecule has 1 fully saturated rings. The number of rotatable bonds is 6. The largest absolute Gasteiger partial charge is 0.481 e. The summed E-state index contributed by atoms with van der Waals surface area (Å²) in [5, 5.41) is 13.1. The molecular formula is C22H27NO5S. The lowest BCUT2D eigenvalue weighted by Gasteiger charge is -2.23. The molecule has 1 saturated carbocycles. The summed E-state index contributed by atoms with van der Waals surface area (Å²) < 4.78 is 5.40. The molecule has 3 aliphatic carbocycles. The van der Waals surface area contributed by atoms with Gasteiger partial charge < -0.3 is 15.2 Å². The summed E-state index contributed by atoms with van der Waals surface area (Å²) in [5.74, 6) is -2.51. The molecule has 0 aliphatic heterocycles. The number of amides is 1. The monoisotopic (exact) mass is 417 g/mol. The third-order valence-corrected chi connectivity index (χ3v) is 7.61. The van der Waals surface area contributed by atoms with Crippen LogP contribution in [-0.4, -0.2) is 29.6 Å². The van der Waals surface area contributed by atoms with E-state index in [9.17, 15) is 19.5 Å². The van der Waals surface area contributed by atoms with Gasteiger partial charge in [0.25, 0.3) is 0 Å². The van der Waals surface area contributed by atoms with E-state index in [0.717, 1.165) is 36.1 Å². The predicted octanol–water partition coefficient (Wildman–Crippen LogP) is 3.90. The molecule has 0 unspecified atom stereocenters. The van der Waals surface area contributed by atoms with Crippen molar-refractivity contribution in [2.24, 2.45) is 29.6 Å². The van der Waals surface area contributed by atoms with Gasteiger partial charge in [0.2, 0.25) is 5.91 Å². The highest BCUT2D eigenvalue weighted by atomic mass is 32.1. The van der Waals surface area contributed by atoms with Crippen molar-refractivity contribution >= 4 is 34.2 Å². The zero-order valence-electron chi connectivity index (χ0n) is 16.8. The fourth-order valence-corrected chi connectivity index (χ4v) is 6.44. The highest BCUT2D eigenvalue weighted by Crippen LogP contribution is 2.49. The van der Waals surface area contributed by atoms with Crippen molar-refractivity contribution in [3.63, 3.8) is 0 Å². The van der Waals surface area contributed by atoms with Crippen LogP contribution in [0.2, 0.25) is 0 Å². The molecule has 1 aromatic rings. The quantitative estimate of drug-likeness (QED) is 0.541. The Balaban J connectivity index is 1.62. The molecule has 0 aromatic carbocycles. The van der Waals surface area contributed by atoms with E-state index in [1.807, 2.05) is 19.1 Å². The summed E-state index contributed by atoms with van der Waals surface area (Å²) in [6.07, 6.45) is 8.02. The van der Waals surface area contributed by atoms with E-state index in [1.165, 1.54) is 11.3 Å². The number of thiophene rings is 1. The lowest BCUT2D eigenvalue weighted by molar-refractivity contribution is -0.146. The van der Waals surface area contributed by atoms with Gasteiger partial charge in [-0.3, -0.25) is 9.59 Å².